The molecule has 1 heterocycles. The van der Waals surface area contributed by atoms with Crippen molar-refractivity contribution in [2.45, 2.75) is 45.6 Å². The molecular formula is C17H23ClFNO2. The summed E-state index contributed by atoms with van der Waals surface area (Å²) in [5.74, 6) is 0.102. The second-order valence-electron chi connectivity index (χ2n) is 6.86. The SMILES string of the molecule is CC(C)(C)OC(=O)N1CCC(Cc2ccc(F)c(Cl)c2)CC1. The Morgan fingerprint density at radius 1 is 1.36 bits per heavy atom. The normalized spacial score (nSPS) is 16.7. The van der Waals surface area contributed by atoms with Gasteiger partial charge in [0.15, 0.2) is 0 Å². The number of carbonyl (C=O) groups is 1. The van der Waals surface area contributed by atoms with Gasteiger partial charge in [-0.2, -0.15) is 0 Å². The van der Waals surface area contributed by atoms with Crippen molar-refractivity contribution in [2.24, 2.45) is 5.92 Å². The van der Waals surface area contributed by atoms with Gasteiger partial charge in [-0.25, -0.2) is 9.18 Å². The molecule has 1 saturated heterocycles. The van der Waals surface area contributed by atoms with E-state index in [1.165, 1.54) is 6.07 Å². The first kappa shape index (κ1) is 17.1. The number of hydrogen-bond acceptors (Lipinski definition) is 2. The average Bonchev–Trinajstić information content (AvgIpc) is 2.42. The Labute approximate surface area is 136 Å². The first-order valence-electron chi connectivity index (χ1n) is 7.66. The fourth-order valence-corrected chi connectivity index (χ4v) is 2.85. The smallest absolute Gasteiger partial charge is 0.410 e. The first-order chi connectivity index (χ1) is 10.2. The predicted octanol–water partition coefficient (Wildman–Crippen LogP) is 4.67. The van der Waals surface area contributed by atoms with Gasteiger partial charge in [0.2, 0.25) is 0 Å². The summed E-state index contributed by atoms with van der Waals surface area (Å²) in [5, 5.41) is 0.170. The van der Waals surface area contributed by atoms with Gasteiger partial charge in [-0.1, -0.05) is 17.7 Å². The van der Waals surface area contributed by atoms with Gasteiger partial charge in [-0.05, 0) is 63.6 Å². The van der Waals surface area contributed by atoms with Gasteiger partial charge in [-0.15, -0.1) is 0 Å². The van der Waals surface area contributed by atoms with Crippen molar-refractivity contribution in [2.75, 3.05) is 13.1 Å². The summed E-state index contributed by atoms with van der Waals surface area (Å²) in [5.41, 5.74) is 0.584. The number of amides is 1. The van der Waals surface area contributed by atoms with E-state index in [2.05, 4.69) is 0 Å². The molecule has 1 aliphatic heterocycles. The predicted molar refractivity (Wildman–Crippen MR) is 85.6 cm³/mol. The molecule has 1 aliphatic rings. The lowest BCUT2D eigenvalue weighted by atomic mass is 9.90. The maximum atomic E-state index is 13.2. The Hall–Kier alpha value is -1.29. The molecule has 0 spiro atoms. The Bertz CT molecular complexity index is 534. The Morgan fingerprint density at radius 2 is 2.00 bits per heavy atom. The summed E-state index contributed by atoms with van der Waals surface area (Å²) in [6, 6.07) is 4.88. The van der Waals surface area contributed by atoms with Crippen LogP contribution in [0.15, 0.2) is 18.2 Å². The number of hydrogen-bond donors (Lipinski definition) is 0. The van der Waals surface area contributed by atoms with Crippen molar-refractivity contribution < 1.29 is 13.9 Å². The van der Waals surface area contributed by atoms with Gasteiger partial charge in [0.1, 0.15) is 11.4 Å². The number of nitrogens with zero attached hydrogens (tertiary/aromatic N) is 1. The lowest BCUT2D eigenvalue weighted by molar-refractivity contribution is 0.0184. The molecule has 1 fully saturated rings. The molecule has 0 aromatic heterocycles. The number of benzene rings is 1. The van der Waals surface area contributed by atoms with E-state index in [1.54, 1.807) is 17.0 Å². The quantitative estimate of drug-likeness (QED) is 0.790. The van der Waals surface area contributed by atoms with E-state index in [9.17, 15) is 9.18 Å². The van der Waals surface area contributed by atoms with Gasteiger partial charge in [0, 0.05) is 13.1 Å². The molecule has 0 unspecified atom stereocenters. The maximum Gasteiger partial charge on any atom is 0.410 e. The van der Waals surface area contributed by atoms with E-state index in [4.69, 9.17) is 16.3 Å². The zero-order valence-electron chi connectivity index (χ0n) is 13.4. The molecule has 5 heteroatoms. The molecule has 122 valence electrons. The molecule has 0 N–H and O–H groups in total. The van der Waals surface area contributed by atoms with Crippen LogP contribution in [0.3, 0.4) is 0 Å². The standard InChI is InChI=1S/C17H23ClFNO2/c1-17(2,3)22-16(21)20-8-6-12(7-9-20)10-13-4-5-15(19)14(18)11-13/h4-5,11-12H,6-10H2,1-3H3. The van der Waals surface area contributed by atoms with Crippen molar-refractivity contribution in [1.82, 2.24) is 4.90 Å². The van der Waals surface area contributed by atoms with E-state index in [1.807, 2.05) is 20.8 Å². The topological polar surface area (TPSA) is 29.5 Å². The van der Waals surface area contributed by atoms with Gasteiger partial charge in [-0.3, -0.25) is 0 Å². The summed E-state index contributed by atoms with van der Waals surface area (Å²) >= 11 is 5.81. The summed E-state index contributed by atoms with van der Waals surface area (Å²) in [4.78, 5) is 13.8. The molecule has 0 radical (unpaired) electrons. The van der Waals surface area contributed by atoms with Gasteiger partial charge in [0.05, 0.1) is 5.02 Å². The van der Waals surface area contributed by atoms with Crippen LogP contribution in [0.4, 0.5) is 9.18 Å². The molecular weight excluding hydrogens is 305 g/mol. The highest BCUT2D eigenvalue weighted by atomic mass is 35.5. The molecule has 1 amide bonds. The van der Waals surface area contributed by atoms with Crippen LogP contribution >= 0.6 is 11.6 Å². The van der Waals surface area contributed by atoms with Crippen molar-refractivity contribution in [3.05, 3.63) is 34.6 Å². The van der Waals surface area contributed by atoms with Crippen LogP contribution in [0.1, 0.15) is 39.2 Å². The van der Waals surface area contributed by atoms with Crippen LogP contribution in [0.5, 0.6) is 0 Å². The molecule has 2 rings (SSSR count). The Balaban J connectivity index is 1.84. The highest BCUT2D eigenvalue weighted by Gasteiger charge is 2.26. The highest BCUT2D eigenvalue weighted by molar-refractivity contribution is 6.30. The summed E-state index contributed by atoms with van der Waals surface area (Å²) in [6.07, 6.45) is 2.47. The third-order valence-electron chi connectivity index (χ3n) is 3.77. The third kappa shape index (κ3) is 4.87. The number of likely N-dealkylation sites (tertiary alicyclic amines) is 1. The molecule has 0 bridgehead atoms. The van der Waals surface area contributed by atoms with Crippen molar-refractivity contribution >= 4 is 17.7 Å². The van der Waals surface area contributed by atoms with Gasteiger partial charge in [0.25, 0.3) is 0 Å². The van der Waals surface area contributed by atoms with Crippen molar-refractivity contribution in [3.63, 3.8) is 0 Å². The zero-order chi connectivity index (χ0) is 16.3. The van der Waals surface area contributed by atoms with Crippen LogP contribution in [0.25, 0.3) is 0 Å². The largest absolute Gasteiger partial charge is 0.444 e. The number of rotatable bonds is 2. The monoisotopic (exact) mass is 327 g/mol. The van der Waals surface area contributed by atoms with Gasteiger partial charge >= 0.3 is 6.09 Å². The fraction of sp³-hybridized carbons (Fsp3) is 0.588. The number of halogens is 2. The number of ether oxygens (including phenoxy) is 1. The molecule has 3 nitrogen and oxygen atoms in total. The first-order valence-corrected chi connectivity index (χ1v) is 8.04. The molecule has 22 heavy (non-hydrogen) atoms. The summed E-state index contributed by atoms with van der Waals surface area (Å²) in [7, 11) is 0. The van der Waals surface area contributed by atoms with E-state index >= 15 is 0 Å². The van der Waals surface area contributed by atoms with E-state index in [0.29, 0.717) is 19.0 Å². The van der Waals surface area contributed by atoms with Crippen LogP contribution in [-0.4, -0.2) is 29.7 Å². The lowest BCUT2D eigenvalue weighted by Crippen LogP contribution is -2.42. The van der Waals surface area contributed by atoms with Gasteiger partial charge < -0.3 is 9.64 Å². The molecule has 1 aromatic carbocycles. The van der Waals surface area contributed by atoms with E-state index in [-0.39, 0.29) is 16.9 Å². The van der Waals surface area contributed by atoms with Crippen LogP contribution in [-0.2, 0) is 11.2 Å². The minimum absolute atomic E-state index is 0.170. The van der Waals surface area contributed by atoms with E-state index < -0.39 is 5.60 Å². The van der Waals surface area contributed by atoms with Crippen LogP contribution in [0.2, 0.25) is 5.02 Å². The number of carbonyl (C=O) groups excluding carboxylic acids is 1. The average molecular weight is 328 g/mol. The Morgan fingerprint density at radius 3 is 2.55 bits per heavy atom. The second kappa shape index (κ2) is 6.86. The maximum absolute atomic E-state index is 13.2. The third-order valence-corrected chi connectivity index (χ3v) is 4.06. The molecule has 0 atom stereocenters. The summed E-state index contributed by atoms with van der Waals surface area (Å²) in [6.45, 7) is 7.02. The zero-order valence-corrected chi connectivity index (χ0v) is 14.1. The fourth-order valence-electron chi connectivity index (χ4n) is 2.65. The molecule has 0 aliphatic carbocycles. The minimum Gasteiger partial charge on any atom is -0.444 e. The van der Waals surface area contributed by atoms with Crippen LogP contribution in [0, 0.1) is 11.7 Å². The summed E-state index contributed by atoms with van der Waals surface area (Å²) < 4.78 is 18.6. The van der Waals surface area contributed by atoms with Crippen LogP contribution < -0.4 is 0 Å². The van der Waals surface area contributed by atoms with Crippen molar-refractivity contribution in [1.29, 1.82) is 0 Å². The highest BCUT2D eigenvalue weighted by Crippen LogP contribution is 2.25. The minimum atomic E-state index is -0.460. The molecule has 1 aromatic rings. The molecule has 0 saturated carbocycles. The number of piperidine rings is 1. The Kier molecular flexibility index (Phi) is 5.32. The lowest BCUT2D eigenvalue weighted by Gasteiger charge is -2.33. The van der Waals surface area contributed by atoms with Crippen molar-refractivity contribution in [3.8, 4) is 0 Å². The second-order valence-corrected chi connectivity index (χ2v) is 7.27. The van der Waals surface area contributed by atoms with E-state index in [0.717, 1.165) is 24.8 Å².